The highest BCUT2D eigenvalue weighted by Gasteiger charge is 2.41. The van der Waals surface area contributed by atoms with Crippen molar-refractivity contribution in [3.05, 3.63) is 136 Å². The van der Waals surface area contributed by atoms with Gasteiger partial charge in [0.05, 0.1) is 40.3 Å². The first-order valence-corrected chi connectivity index (χ1v) is 16.5. The normalized spacial score (nSPS) is 18.1. The van der Waals surface area contributed by atoms with Crippen LogP contribution in [0.1, 0.15) is 51.1 Å². The predicted molar refractivity (Wildman–Crippen MR) is 190 cm³/mol. The molecule has 2 aliphatic heterocycles. The molecule has 0 saturated carbocycles. The smallest absolute Gasteiger partial charge is 0.267 e. The number of hydrogen-bond donors (Lipinski definition) is 1. The van der Waals surface area contributed by atoms with E-state index >= 15 is 0 Å². The third-order valence-corrected chi connectivity index (χ3v) is 10.2. The van der Waals surface area contributed by atoms with E-state index < -0.39 is 17.9 Å². The molecule has 13 nitrogen and oxygen atoms in total. The van der Waals surface area contributed by atoms with Crippen molar-refractivity contribution < 1.29 is 9.59 Å². The molecular weight excluding hydrogens is 668 g/mol. The Hall–Kier alpha value is -6.47. The van der Waals surface area contributed by atoms with E-state index in [0.29, 0.717) is 44.2 Å². The van der Waals surface area contributed by atoms with Crippen LogP contribution in [-0.4, -0.2) is 56.3 Å². The number of allylic oxidation sites excluding steroid dienone is 1. The average molecular weight is 695 g/mol. The Bertz CT molecular complexity index is 2620. The van der Waals surface area contributed by atoms with Gasteiger partial charge in [-0.1, -0.05) is 42.8 Å². The van der Waals surface area contributed by atoms with Crippen LogP contribution >= 0.6 is 11.6 Å². The number of nitrogens with one attached hydrogen (secondary N) is 1. The lowest BCUT2D eigenvalue weighted by atomic mass is 9.89. The summed E-state index contributed by atoms with van der Waals surface area (Å²) in [7, 11) is 1.77. The molecule has 0 aliphatic carbocycles. The molecule has 3 atom stereocenters. The lowest BCUT2D eigenvalue weighted by Gasteiger charge is -2.17. The van der Waals surface area contributed by atoms with Gasteiger partial charge >= 0.3 is 0 Å². The fourth-order valence-electron chi connectivity index (χ4n) is 7.52. The van der Waals surface area contributed by atoms with E-state index in [0.717, 1.165) is 27.4 Å². The number of aromatic amines is 1. The van der Waals surface area contributed by atoms with Crippen molar-refractivity contribution in [1.29, 1.82) is 0 Å². The number of anilines is 1. The number of carbonyl (C=O) groups excluding carboxylic acids is 2. The number of benzene rings is 3. The zero-order valence-corrected chi connectivity index (χ0v) is 28.0. The van der Waals surface area contributed by atoms with Crippen molar-refractivity contribution in [3.63, 3.8) is 0 Å². The maximum atomic E-state index is 14.0. The van der Waals surface area contributed by atoms with Crippen LogP contribution in [-0.2, 0) is 7.05 Å². The number of tetrazole rings is 1. The highest BCUT2D eigenvalue weighted by Crippen LogP contribution is 2.45. The molecule has 6 heterocycles. The summed E-state index contributed by atoms with van der Waals surface area (Å²) in [4.78, 5) is 49.9. The topological polar surface area (TPSA) is 149 Å². The van der Waals surface area contributed by atoms with Crippen molar-refractivity contribution in [2.24, 2.45) is 13.0 Å². The molecule has 0 radical (unpaired) electrons. The van der Waals surface area contributed by atoms with Crippen LogP contribution in [0.25, 0.3) is 39.0 Å². The third-order valence-electron chi connectivity index (χ3n) is 9.93. The minimum atomic E-state index is -0.399. The molecule has 1 N–H and O–H groups in total. The lowest BCUT2D eigenvalue weighted by Crippen LogP contribution is -2.30. The molecule has 9 rings (SSSR count). The number of aryl methyl sites for hydroxylation is 1. The molecule has 0 saturated heterocycles. The number of rotatable bonds is 6. The van der Waals surface area contributed by atoms with Crippen LogP contribution in [0.2, 0.25) is 5.02 Å². The maximum Gasteiger partial charge on any atom is 0.267 e. The van der Waals surface area contributed by atoms with Crippen molar-refractivity contribution >= 4 is 40.1 Å². The van der Waals surface area contributed by atoms with E-state index in [-0.39, 0.29) is 23.2 Å². The van der Waals surface area contributed by atoms with E-state index in [1.54, 1.807) is 65.0 Å². The number of imidazole rings is 1. The summed E-state index contributed by atoms with van der Waals surface area (Å²) in [5.41, 5.74) is 5.70. The Morgan fingerprint density at radius 1 is 0.922 bits per heavy atom. The summed E-state index contributed by atoms with van der Waals surface area (Å²) in [6.45, 7) is 6.20. The summed E-state index contributed by atoms with van der Waals surface area (Å²) >= 11 is 6.41. The van der Waals surface area contributed by atoms with Crippen molar-refractivity contribution in [2.45, 2.75) is 18.9 Å². The zero-order valence-electron chi connectivity index (χ0n) is 27.2. The first-order valence-electron chi connectivity index (χ1n) is 16.2. The second kappa shape index (κ2) is 11.3. The van der Waals surface area contributed by atoms with E-state index in [1.165, 1.54) is 11.0 Å². The molecule has 2 amide bonds. The number of pyridine rings is 1. The summed E-state index contributed by atoms with van der Waals surface area (Å²) in [6, 6.07) is 21.0. The third kappa shape index (κ3) is 4.54. The Morgan fingerprint density at radius 3 is 2.43 bits per heavy atom. The van der Waals surface area contributed by atoms with Crippen LogP contribution in [0.3, 0.4) is 0 Å². The number of imide groups is 1. The van der Waals surface area contributed by atoms with Crippen molar-refractivity contribution in [3.8, 4) is 28.1 Å². The van der Waals surface area contributed by atoms with E-state index in [4.69, 9.17) is 16.6 Å². The van der Waals surface area contributed by atoms with E-state index in [2.05, 4.69) is 39.1 Å². The molecule has 14 heteroatoms. The Morgan fingerprint density at radius 2 is 1.71 bits per heavy atom. The Labute approximate surface area is 294 Å². The van der Waals surface area contributed by atoms with Crippen LogP contribution in [0.4, 0.5) is 5.82 Å². The Kier molecular flexibility index (Phi) is 6.77. The molecule has 2 aliphatic rings. The number of carbonyl (C=O) groups is 2. The largest absolute Gasteiger partial charge is 0.340 e. The lowest BCUT2D eigenvalue weighted by molar-refractivity contribution is 0.0925. The summed E-state index contributed by atoms with van der Waals surface area (Å²) in [5.74, 6) is -0.0761. The van der Waals surface area contributed by atoms with Crippen LogP contribution in [0.15, 0.2) is 103 Å². The number of hydrogen-bond acceptors (Lipinski definition) is 8. The van der Waals surface area contributed by atoms with Crippen LogP contribution < -0.4 is 10.5 Å². The van der Waals surface area contributed by atoms with Gasteiger partial charge < -0.3 is 9.55 Å². The van der Waals surface area contributed by atoms with Gasteiger partial charge in [0.25, 0.3) is 17.4 Å². The molecule has 0 fully saturated rings. The minimum absolute atomic E-state index is 0.0513. The van der Waals surface area contributed by atoms with Crippen molar-refractivity contribution in [2.75, 3.05) is 4.90 Å². The van der Waals surface area contributed by atoms with Gasteiger partial charge in [-0.05, 0) is 70.4 Å². The quantitative estimate of drug-likeness (QED) is 0.171. The highest BCUT2D eigenvalue weighted by molar-refractivity contribution is 6.35. The number of fused-ring (bicyclic) bond motifs is 3. The van der Waals surface area contributed by atoms with Crippen LogP contribution in [0, 0.1) is 5.92 Å². The van der Waals surface area contributed by atoms with Gasteiger partial charge in [0.2, 0.25) is 0 Å². The number of halogens is 1. The number of H-pyrrole nitrogens is 1. The number of nitrogens with zero attached hydrogens (tertiary/aromatic N) is 9. The van der Waals surface area contributed by atoms with Gasteiger partial charge in [-0.3, -0.25) is 19.1 Å². The SMILES string of the molecule is C=CC1c2cc(-c3cc(Cl)ccc3-n3cnnn3)cc(=O)n2[C@H](c2ncc(-c3ccc4c(N5C(=O)c6ccccc6C5=O)nn(C)c4c3)[nH]2)[C@H]1C. The predicted octanol–water partition coefficient (Wildman–Crippen LogP) is 5.73. The van der Waals surface area contributed by atoms with Gasteiger partial charge in [0.15, 0.2) is 5.82 Å². The molecule has 51 heavy (non-hydrogen) atoms. The molecule has 250 valence electrons. The first kappa shape index (κ1) is 30.6. The summed E-state index contributed by atoms with van der Waals surface area (Å²) in [5, 5.41) is 17.3. The van der Waals surface area contributed by atoms with Gasteiger partial charge in [-0.15, -0.1) is 11.7 Å². The van der Waals surface area contributed by atoms with Gasteiger partial charge in [-0.25, -0.2) is 9.88 Å². The fourth-order valence-corrected chi connectivity index (χ4v) is 7.69. The summed E-state index contributed by atoms with van der Waals surface area (Å²) in [6.07, 6.45) is 5.10. The molecule has 1 unspecified atom stereocenters. The number of aromatic nitrogens is 9. The standard InChI is InChI=1S/C37H27ClN10O3/c1-4-23-19(2)33(47-31(23)14-21(15-32(47)49)27-16-22(38)10-12-29(27)46-18-40-43-44-46)34-39-17-28(41-34)20-9-11-26-30(13-20)45(3)42-35(26)48-36(50)24-7-5-6-8-25(24)37(48)51/h4-19,23,33H,1H2,2-3H3,(H,39,41)/t19-,23?,33-/m0/s1. The summed E-state index contributed by atoms with van der Waals surface area (Å²) < 4.78 is 4.97. The molecule has 0 spiro atoms. The Balaban J connectivity index is 1.08. The number of amides is 2. The van der Waals surface area contributed by atoms with Gasteiger partial charge in [-0.2, -0.15) is 9.78 Å². The molecule has 7 aromatic rings. The average Bonchev–Trinajstić information content (AvgIpc) is 3.97. The van der Waals surface area contributed by atoms with Crippen molar-refractivity contribution in [1.82, 2.24) is 44.5 Å². The molecule has 3 aromatic carbocycles. The van der Waals surface area contributed by atoms with E-state index in [1.807, 2.05) is 36.4 Å². The maximum absolute atomic E-state index is 14.0. The fraction of sp³-hybridized carbons (Fsp3) is 0.135. The second-order valence-electron chi connectivity index (χ2n) is 12.7. The molecule has 4 aromatic heterocycles. The monoisotopic (exact) mass is 694 g/mol. The minimum Gasteiger partial charge on any atom is -0.340 e. The first-order chi connectivity index (χ1) is 24.7. The van der Waals surface area contributed by atoms with E-state index in [9.17, 15) is 14.4 Å². The van der Waals surface area contributed by atoms with Gasteiger partial charge in [0.1, 0.15) is 12.2 Å². The highest BCUT2D eigenvalue weighted by atomic mass is 35.5. The zero-order chi connectivity index (χ0) is 35.1. The molecular formula is C37H27ClN10O3. The van der Waals surface area contributed by atoms with Gasteiger partial charge in [0, 0.05) is 46.3 Å². The second-order valence-corrected chi connectivity index (χ2v) is 13.1. The molecule has 0 bridgehead atoms. The van der Waals surface area contributed by atoms with Crippen LogP contribution in [0.5, 0.6) is 0 Å².